The van der Waals surface area contributed by atoms with Gasteiger partial charge in [-0.15, -0.1) is 0 Å². The van der Waals surface area contributed by atoms with Crippen LogP contribution >= 0.6 is 31.9 Å². The molecule has 60 valence electrons. The van der Waals surface area contributed by atoms with Crippen LogP contribution in [0, 0.1) is 11.8 Å². The molecule has 0 aromatic heterocycles. The first-order valence-electron chi connectivity index (χ1n) is 3.89. The molecule has 0 heterocycles. The highest BCUT2D eigenvalue weighted by atomic mass is 79.9. The molecule has 0 spiro atoms. The first-order valence-corrected chi connectivity index (χ1v) is 5.72. The normalized spacial score (nSPS) is 49.2. The van der Waals surface area contributed by atoms with Crippen molar-refractivity contribution in [3.63, 3.8) is 0 Å². The average Bonchev–Trinajstić information content (AvgIpc) is 1.82. The first kappa shape index (κ1) is 9.05. The topological polar surface area (TPSA) is 0 Å². The van der Waals surface area contributed by atoms with Gasteiger partial charge in [0.25, 0.3) is 0 Å². The Morgan fingerprint density at radius 1 is 1.00 bits per heavy atom. The van der Waals surface area contributed by atoms with Gasteiger partial charge in [0.05, 0.1) is 0 Å². The molecule has 0 nitrogen and oxygen atoms in total. The first-order chi connectivity index (χ1) is 4.61. The summed E-state index contributed by atoms with van der Waals surface area (Å²) in [5, 5.41) is 0. The van der Waals surface area contributed by atoms with E-state index < -0.39 is 0 Å². The van der Waals surface area contributed by atoms with E-state index in [0.29, 0.717) is 0 Å². The molecule has 1 rings (SSSR count). The maximum absolute atomic E-state index is 3.70. The van der Waals surface area contributed by atoms with Gasteiger partial charge >= 0.3 is 0 Å². The molecule has 0 saturated heterocycles. The molecule has 2 atom stereocenters. The Morgan fingerprint density at radius 2 is 1.40 bits per heavy atom. The molecular weight excluding hydrogens is 256 g/mol. The van der Waals surface area contributed by atoms with E-state index in [9.17, 15) is 0 Å². The molecule has 0 amide bonds. The molecule has 2 heteroatoms. The molecule has 0 aliphatic heterocycles. The smallest absolute Gasteiger partial charge is 0.0184 e. The second-order valence-corrected chi connectivity index (χ2v) is 5.82. The molecule has 10 heavy (non-hydrogen) atoms. The van der Waals surface area contributed by atoms with Crippen molar-refractivity contribution >= 4 is 31.9 Å². The number of halogens is 2. The van der Waals surface area contributed by atoms with Crippen LogP contribution < -0.4 is 0 Å². The largest absolute Gasteiger partial charge is 0.0887 e. The van der Waals surface area contributed by atoms with Gasteiger partial charge in [-0.05, 0) is 24.7 Å². The maximum Gasteiger partial charge on any atom is 0.0184 e. The van der Waals surface area contributed by atoms with E-state index in [4.69, 9.17) is 0 Å². The van der Waals surface area contributed by atoms with Crippen LogP contribution in [0.15, 0.2) is 0 Å². The molecule has 1 aliphatic carbocycles. The van der Waals surface area contributed by atoms with E-state index >= 15 is 0 Å². The number of hydrogen-bond acceptors (Lipinski definition) is 0. The van der Waals surface area contributed by atoms with Gasteiger partial charge < -0.3 is 0 Å². The molecule has 0 aromatic rings. The molecule has 0 N–H and O–H groups in total. The van der Waals surface area contributed by atoms with Crippen molar-refractivity contribution in [1.82, 2.24) is 0 Å². The molecule has 2 unspecified atom stereocenters. The van der Waals surface area contributed by atoms with E-state index in [0.717, 1.165) is 21.5 Å². The lowest BCUT2D eigenvalue weighted by Gasteiger charge is -2.33. The highest BCUT2D eigenvalue weighted by Gasteiger charge is 2.29. The number of hydrogen-bond donors (Lipinski definition) is 0. The second-order valence-electron chi connectivity index (χ2n) is 3.47. The molecule has 1 aliphatic rings. The van der Waals surface area contributed by atoms with Crippen molar-refractivity contribution in [2.45, 2.75) is 36.3 Å². The Bertz CT molecular complexity index is 102. The standard InChI is InChI=1S/C8H14Br2/c1-5-3-7(9)6(2)8(10)4-5/h5-8H,3-4H2,1-2H3. The quantitative estimate of drug-likeness (QED) is 0.590. The minimum atomic E-state index is 0.723. The zero-order chi connectivity index (χ0) is 7.72. The average molecular weight is 270 g/mol. The molecular formula is C8H14Br2. The van der Waals surface area contributed by atoms with Crippen LogP contribution in [0.2, 0.25) is 0 Å². The number of alkyl halides is 2. The number of rotatable bonds is 0. The molecule has 1 fully saturated rings. The molecule has 0 radical (unpaired) electrons. The summed E-state index contributed by atoms with van der Waals surface area (Å²) in [6.45, 7) is 4.64. The van der Waals surface area contributed by atoms with Gasteiger partial charge in [-0.25, -0.2) is 0 Å². The summed E-state index contributed by atoms with van der Waals surface area (Å²) < 4.78 is 0. The van der Waals surface area contributed by atoms with Crippen molar-refractivity contribution < 1.29 is 0 Å². The highest BCUT2D eigenvalue weighted by molar-refractivity contribution is 9.10. The summed E-state index contributed by atoms with van der Waals surface area (Å²) in [5.41, 5.74) is 0. The van der Waals surface area contributed by atoms with Crippen LogP contribution in [0.1, 0.15) is 26.7 Å². The molecule has 0 aromatic carbocycles. The summed E-state index contributed by atoms with van der Waals surface area (Å²) in [5.74, 6) is 1.67. The third-order valence-corrected chi connectivity index (χ3v) is 4.81. The fourth-order valence-corrected chi connectivity index (χ4v) is 3.94. The van der Waals surface area contributed by atoms with E-state index in [2.05, 4.69) is 45.7 Å². The van der Waals surface area contributed by atoms with Crippen molar-refractivity contribution in [3.05, 3.63) is 0 Å². The van der Waals surface area contributed by atoms with Gasteiger partial charge in [0.1, 0.15) is 0 Å². The van der Waals surface area contributed by atoms with Crippen LogP contribution in [0.4, 0.5) is 0 Å². The minimum absolute atomic E-state index is 0.723. The van der Waals surface area contributed by atoms with E-state index in [-0.39, 0.29) is 0 Å². The van der Waals surface area contributed by atoms with Crippen LogP contribution in [0.5, 0.6) is 0 Å². The van der Waals surface area contributed by atoms with Gasteiger partial charge in [-0.1, -0.05) is 45.7 Å². The lowest BCUT2D eigenvalue weighted by atomic mass is 9.84. The summed E-state index contributed by atoms with van der Waals surface area (Å²) in [7, 11) is 0. The predicted octanol–water partition coefficient (Wildman–Crippen LogP) is 3.58. The predicted molar refractivity (Wildman–Crippen MR) is 53.0 cm³/mol. The van der Waals surface area contributed by atoms with Gasteiger partial charge in [-0.3, -0.25) is 0 Å². The van der Waals surface area contributed by atoms with Crippen molar-refractivity contribution in [2.24, 2.45) is 11.8 Å². The zero-order valence-electron chi connectivity index (χ0n) is 6.48. The summed E-state index contributed by atoms with van der Waals surface area (Å²) in [6.07, 6.45) is 2.67. The lowest BCUT2D eigenvalue weighted by molar-refractivity contribution is 0.336. The SMILES string of the molecule is CC1CC(Br)C(C)C(Br)C1. The zero-order valence-corrected chi connectivity index (χ0v) is 9.65. The monoisotopic (exact) mass is 268 g/mol. The third-order valence-electron chi connectivity index (χ3n) is 2.40. The van der Waals surface area contributed by atoms with E-state index in [1.807, 2.05) is 0 Å². The van der Waals surface area contributed by atoms with Crippen molar-refractivity contribution in [3.8, 4) is 0 Å². The van der Waals surface area contributed by atoms with Crippen LogP contribution in [-0.4, -0.2) is 9.65 Å². The minimum Gasteiger partial charge on any atom is -0.0887 e. The van der Waals surface area contributed by atoms with Crippen LogP contribution in [-0.2, 0) is 0 Å². The fourth-order valence-electron chi connectivity index (χ4n) is 1.52. The summed E-state index contributed by atoms with van der Waals surface area (Å²) >= 11 is 7.41. The van der Waals surface area contributed by atoms with E-state index in [1.54, 1.807) is 0 Å². The van der Waals surface area contributed by atoms with Gasteiger partial charge in [0, 0.05) is 9.65 Å². The third kappa shape index (κ3) is 1.97. The van der Waals surface area contributed by atoms with Crippen molar-refractivity contribution in [1.29, 1.82) is 0 Å². The van der Waals surface area contributed by atoms with Crippen LogP contribution in [0.3, 0.4) is 0 Å². The lowest BCUT2D eigenvalue weighted by Crippen LogP contribution is -2.30. The summed E-state index contributed by atoms with van der Waals surface area (Å²) in [4.78, 5) is 1.45. The fraction of sp³-hybridized carbons (Fsp3) is 1.00. The van der Waals surface area contributed by atoms with Gasteiger partial charge in [0.2, 0.25) is 0 Å². The summed E-state index contributed by atoms with van der Waals surface area (Å²) in [6, 6.07) is 0. The van der Waals surface area contributed by atoms with Gasteiger partial charge in [-0.2, -0.15) is 0 Å². The Morgan fingerprint density at radius 3 is 1.80 bits per heavy atom. The second kappa shape index (κ2) is 3.57. The van der Waals surface area contributed by atoms with Gasteiger partial charge in [0.15, 0.2) is 0 Å². The van der Waals surface area contributed by atoms with E-state index in [1.165, 1.54) is 12.8 Å². The Balaban J connectivity index is 2.49. The molecule has 1 saturated carbocycles. The Labute approximate surface area is 80.0 Å². The Hall–Kier alpha value is 0.960. The maximum atomic E-state index is 3.70. The highest BCUT2D eigenvalue weighted by Crippen LogP contribution is 2.37. The van der Waals surface area contributed by atoms with Crippen molar-refractivity contribution in [2.75, 3.05) is 0 Å². The van der Waals surface area contributed by atoms with Crippen LogP contribution in [0.25, 0.3) is 0 Å². The molecule has 0 bridgehead atoms. The Kier molecular flexibility index (Phi) is 3.23.